The van der Waals surface area contributed by atoms with E-state index in [-0.39, 0.29) is 5.82 Å². The predicted octanol–water partition coefficient (Wildman–Crippen LogP) is 2.06. The second kappa shape index (κ2) is 4.92. The zero-order valence-corrected chi connectivity index (χ0v) is 7.34. The molecule has 1 rings (SSSR count). The number of nitrogens with two attached hydrogens (primary N) is 1. The summed E-state index contributed by atoms with van der Waals surface area (Å²) in [6, 6.07) is 5.87. The Bertz CT molecular complexity index is 246. The van der Waals surface area contributed by atoms with E-state index in [0.717, 1.165) is 5.56 Å². The Kier molecular flexibility index (Phi) is 3.83. The molecule has 2 N–H and O–H groups in total. The summed E-state index contributed by atoms with van der Waals surface area (Å²) in [4.78, 5) is 0. The number of alkyl halides is 1. The van der Waals surface area contributed by atoms with Crippen molar-refractivity contribution in [2.24, 2.45) is 5.73 Å². The molecule has 0 fully saturated rings. The van der Waals surface area contributed by atoms with Crippen LogP contribution in [0.25, 0.3) is 0 Å². The van der Waals surface area contributed by atoms with Crippen LogP contribution in [0.4, 0.5) is 8.78 Å². The summed E-state index contributed by atoms with van der Waals surface area (Å²) in [6.45, 7) is 0.350. The van der Waals surface area contributed by atoms with Crippen molar-refractivity contribution in [3.8, 4) is 0 Å². The van der Waals surface area contributed by atoms with Gasteiger partial charge in [-0.15, -0.1) is 0 Å². The Morgan fingerprint density at radius 2 is 1.85 bits per heavy atom. The van der Waals surface area contributed by atoms with Crippen molar-refractivity contribution in [1.29, 1.82) is 0 Å². The number of hydrogen-bond acceptors (Lipinski definition) is 1. The molecule has 1 nitrogen and oxygen atoms in total. The fraction of sp³-hybridized carbons (Fsp3) is 0.400. The smallest absolute Gasteiger partial charge is 0.123 e. The molecule has 1 aromatic rings. The van der Waals surface area contributed by atoms with E-state index in [9.17, 15) is 8.78 Å². The fourth-order valence-corrected chi connectivity index (χ4v) is 1.16. The summed E-state index contributed by atoms with van der Waals surface area (Å²) in [7, 11) is 0. The second-order valence-electron chi connectivity index (χ2n) is 3.01. The summed E-state index contributed by atoms with van der Waals surface area (Å²) >= 11 is 0. The molecule has 1 atom stereocenters. The van der Waals surface area contributed by atoms with Gasteiger partial charge in [0.1, 0.15) is 12.0 Å². The van der Waals surface area contributed by atoms with Crippen molar-refractivity contribution in [2.75, 3.05) is 6.54 Å². The molecule has 13 heavy (non-hydrogen) atoms. The van der Waals surface area contributed by atoms with Crippen LogP contribution in [0.1, 0.15) is 12.0 Å². The standard InChI is InChI=1S/C10H13F2N/c11-9-3-1-8(2-4-9)7-10(12)5-6-13/h1-4,10H,5-7,13H2. The molecular weight excluding hydrogens is 172 g/mol. The first kappa shape index (κ1) is 10.1. The zero-order valence-electron chi connectivity index (χ0n) is 7.34. The van der Waals surface area contributed by atoms with E-state index in [2.05, 4.69) is 0 Å². The molecule has 0 aliphatic rings. The quantitative estimate of drug-likeness (QED) is 0.763. The maximum atomic E-state index is 13.0. The third-order valence-electron chi connectivity index (χ3n) is 1.85. The Hall–Kier alpha value is -0.960. The average molecular weight is 185 g/mol. The van der Waals surface area contributed by atoms with Gasteiger partial charge < -0.3 is 5.73 Å². The molecule has 0 aromatic heterocycles. The fourth-order valence-electron chi connectivity index (χ4n) is 1.16. The SMILES string of the molecule is NCCC(F)Cc1ccc(F)cc1. The van der Waals surface area contributed by atoms with Crippen LogP contribution in [0, 0.1) is 5.82 Å². The average Bonchev–Trinajstić information content (AvgIpc) is 2.09. The van der Waals surface area contributed by atoms with Gasteiger partial charge in [-0.3, -0.25) is 0 Å². The van der Waals surface area contributed by atoms with Crippen LogP contribution in [0.2, 0.25) is 0 Å². The highest BCUT2D eigenvalue weighted by atomic mass is 19.1. The predicted molar refractivity (Wildman–Crippen MR) is 48.7 cm³/mol. The molecule has 3 heteroatoms. The Balaban J connectivity index is 2.49. The lowest BCUT2D eigenvalue weighted by atomic mass is 10.1. The number of hydrogen-bond donors (Lipinski definition) is 1. The lowest BCUT2D eigenvalue weighted by Gasteiger charge is -2.05. The van der Waals surface area contributed by atoms with Gasteiger partial charge in [0.25, 0.3) is 0 Å². The van der Waals surface area contributed by atoms with E-state index in [0.29, 0.717) is 19.4 Å². The van der Waals surface area contributed by atoms with Crippen molar-refractivity contribution < 1.29 is 8.78 Å². The molecule has 0 saturated carbocycles. The van der Waals surface area contributed by atoms with Crippen LogP contribution in [0.15, 0.2) is 24.3 Å². The lowest BCUT2D eigenvalue weighted by Crippen LogP contribution is -2.11. The Morgan fingerprint density at radius 1 is 1.23 bits per heavy atom. The van der Waals surface area contributed by atoms with Gasteiger partial charge in [-0.1, -0.05) is 12.1 Å². The van der Waals surface area contributed by atoms with Crippen molar-refractivity contribution in [3.63, 3.8) is 0 Å². The van der Waals surface area contributed by atoms with Crippen molar-refractivity contribution in [3.05, 3.63) is 35.6 Å². The molecular formula is C10H13F2N. The van der Waals surface area contributed by atoms with Crippen molar-refractivity contribution >= 4 is 0 Å². The van der Waals surface area contributed by atoms with Crippen molar-refractivity contribution in [2.45, 2.75) is 19.0 Å². The largest absolute Gasteiger partial charge is 0.330 e. The number of rotatable bonds is 4. The van der Waals surface area contributed by atoms with Gasteiger partial charge in [-0.25, -0.2) is 8.78 Å². The third kappa shape index (κ3) is 3.51. The molecule has 0 amide bonds. The van der Waals surface area contributed by atoms with Gasteiger partial charge in [0.15, 0.2) is 0 Å². The topological polar surface area (TPSA) is 26.0 Å². The van der Waals surface area contributed by atoms with Gasteiger partial charge in [-0.05, 0) is 30.7 Å². The van der Waals surface area contributed by atoms with Gasteiger partial charge in [-0.2, -0.15) is 0 Å². The minimum absolute atomic E-state index is 0.294. The zero-order chi connectivity index (χ0) is 9.68. The third-order valence-corrected chi connectivity index (χ3v) is 1.85. The molecule has 0 spiro atoms. The highest BCUT2D eigenvalue weighted by Gasteiger charge is 2.05. The molecule has 0 saturated heterocycles. The highest BCUT2D eigenvalue weighted by Crippen LogP contribution is 2.09. The van der Waals surface area contributed by atoms with E-state index in [1.54, 1.807) is 12.1 Å². The number of halogens is 2. The van der Waals surface area contributed by atoms with E-state index in [1.165, 1.54) is 12.1 Å². The normalized spacial score (nSPS) is 12.8. The molecule has 0 heterocycles. The summed E-state index contributed by atoms with van der Waals surface area (Å²) < 4.78 is 25.5. The van der Waals surface area contributed by atoms with Crippen molar-refractivity contribution in [1.82, 2.24) is 0 Å². The first-order valence-corrected chi connectivity index (χ1v) is 4.31. The van der Waals surface area contributed by atoms with Crippen LogP contribution in [-0.4, -0.2) is 12.7 Å². The van der Waals surface area contributed by atoms with E-state index < -0.39 is 6.17 Å². The molecule has 0 radical (unpaired) electrons. The monoisotopic (exact) mass is 185 g/mol. The van der Waals surface area contributed by atoms with Crippen LogP contribution in [-0.2, 0) is 6.42 Å². The van der Waals surface area contributed by atoms with Crippen LogP contribution in [0.5, 0.6) is 0 Å². The maximum Gasteiger partial charge on any atom is 0.123 e. The Labute approximate surface area is 76.6 Å². The molecule has 0 aliphatic heterocycles. The van der Waals surface area contributed by atoms with E-state index in [1.807, 2.05) is 0 Å². The number of benzene rings is 1. The summed E-state index contributed by atoms with van der Waals surface area (Å²) in [5, 5.41) is 0. The highest BCUT2D eigenvalue weighted by molar-refractivity contribution is 5.16. The van der Waals surface area contributed by atoms with E-state index >= 15 is 0 Å². The Morgan fingerprint density at radius 3 is 2.38 bits per heavy atom. The van der Waals surface area contributed by atoms with Gasteiger partial charge in [0.05, 0.1) is 0 Å². The lowest BCUT2D eigenvalue weighted by molar-refractivity contribution is 0.316. The summed E-state index contributed by atoms with van der Waals surface area (Å²) in [6.07, 6.45) is -0.245. The van der Waals surface area contributed by atoms with E-state index in [4.69, 9.17) is 5.73 Å². The molecule has 0 aliphatic carbocycles. The maximum absolute atomic E-state index is 13.0. The minimum Gasteiger partial charge on any atom is -0.330 e. The first-order valence-electron chi connectivity index (χ1n) is 4.31. The molecule has 1 aromatic carbocycles. The summed E-state index contributed by atoms with van der Waals surface area (Å²) in [5.41, 5.74) is 6.01. The van der Waals surface area contributed by atoms with Gasteiger partial charge in [0, 0.05) is 6.42 Å². The minimum atomic E-state index is -0.921. The van der Waals surface area contributed by atoms with Gasteiger partial charge >= 0.3 is 0 Å². The van der Waals surface area contributed by atoms with Crippen LogP contribution in [0.3, 0.4) is 0 Å². The molecule has 1 unspecified atom stereocenters. The van der Waals surface area contributed by atoms with Crippen LogP contribution >= 0.6 is 0 Å². The van der Waals surface area contributed by atoms with Gasteiger partial charge in [0.2, 0.25) is 0 Å². The summed E-state index contributed by atoms with van der Waals surface area (Å²) in [5.74, 6) is -0.294. The first-order chi connectivity index (χ1) is 6.22. The van der Waals surface area contributed by atoms with Crippen LogP contribution < -0.4 is 5.73 Å². The molecule has 0 bridgehead atoms. The second-order valence-corrected chi connectivity index (χ2v) is 3.01. The molecule has 72 valence electrons.